The minimum Gasteiger partial charge on any atom is -0.472 e. The van der Waals surface area contributed by atoms with Crippen LogP contribution in [0.25, 0.3) is 0 Å². The van der Waals surface area contributed by atoms with E-state index in [1.54, 1.807) is 12.5 Å². The van der Waals surface area contributed by atoms with E-state index in [0.29, 0.717) is 6.42 Å². The standard InChI is InChI=1S/C9H12O3/c1-11-7-9(10)3-2-8-4-5-12-6-8/h4-6H,2-3,7H2,1H3. The van der Waals surface area contributed by atoms with Gasteiger partial charge in [0.25, 0.3) is 0 Å². The molecule has 0 saturated carbocycles. The number of hydrogen-bond acceptors (Lipinski definition) is 3. The number of Topliss-reactive ketones (excluding diaryl/α,β-unsaturated/α-hetero) is 1. The summed E-state index contributed by atoms with van der Waals surface area (Å²) in [6.45, 7) is 0.206. The SMILES string of the molecule is COCC(=O)CCc1ccoc1. The number of hydrogen-bond donors (Lipinski definition) is 0. The molecular weight excluding hydrogens is 156 g/mol. The number of carbonyl (C=O) groups is 1. The predicted molar refractivity (Wildman–Crippen MR) is 43.9 cm³/mol. The summed E-state index contributed by atoms with van der Waals surface area (Å²) in [5.74, 6) is 0.124. The van der Waals surface area contributed by atoms with E-state index < -0.39 is 0 Å². The van der Waals surface area contributed by atoms with Crippen LogP contribution in [-0.2, 0) is 16.0 Å². The highest BCUT2D eigenvalue weighted by Gasteiger charge is 2.01. The van der Waals surface area contributed by atoms with Gasteiger partial charge in [-0.25, -0.2) is 0 Å². The molecule has 0 N–H and O–H groups in total. The molecule has 0 spiro atoms. The van der Waals surface area contributed by atoms with Gasteiger partial charge in [0, 0.05) is 13.5 Å². The molecule has 1 aromatic rings. The number of carbonyl (C=O) groups excluding carboxylic acids is 1. The van der Waals surface area contributed by atoms with Crippen LogP contribution in [0.3, 0.4) is 0 Å². The van der Waals surface area contributed by atoms with Crippen LogP contribution in [0.15, 0.2) is 23.0 Å². The maximum atomic E-state index is 11.0. The van der Waals surface area contributed by atoms with Crippen LogP contribution in [-0.4, -0.2) is 19.5 Å². The summed E-state index contributed by atoms with van der Waals surface area (Å²) in [5, 5.41) is 0. The molecular formula is C9H12O3. The molecule has 0 unspecified atom stereocenters. The number of ether oxygens (including phenoxy) is 1. The maximum absolute atomic E-state index is 11.0. The van der Waals surface area contributed by atoms with Crippen LogP contribution < -0.4 is 0 Å². The van der Waals surface area contributed by atoms with Crippen molar-refractivity contribution in [1.82, 2.24) is 0 Å². The van der Waals surface area contributed by atoms with Gasteiger partial charge in [0.05, 0.1) is 12.5 Å². The van der Waals surface area contributed by atoms with Crippen LogP contribution in [0, 0.1) is 0 Å². The van der Waals surface area contributed by atoms with E-state index in [2.05, 4.69) is 0 Å². The molecule has 0 aromatic carbocycles. The van der Waals surface area contributed by atoms with Gasteiger partial charge in [0.1, 0.15) is 6.61 Å². The first-order valence-corrected chi connectivity index (χ1v) is 3.84. The lowest BCUT2D eigenvalue weighted by Crippen LogP contribution is -2.06. The summed E-state index contributed by atoms with van der Waals surface area (Å²) >= 11 is 0. The first-order chi connectivity index (χ1) is 5.83. The van der Waals surface area contributed by atoms with E-state index in [4.69, 9.17) is 9.15 Å². The highest BCUT2D eigenvalue weighted by Crippen LogP contribution is 2.03. The lowest BCUT2D eigenvalue weighted by molar-refractivity contribution is -0.122. The maximum Gasteiger partial charge on any atom is 0.158 e. The van der Waals surface area contributed by atoms with Gasteiger partial charge in [-0.05, 0) is 18.1 Å². The minimum absolute atomic E-state index is 0.124. The molecule has 12 heavy (non-hydrogen) atoms. The van der Waals surface area contributed by atoms with Crippen LogP contribution in [0.1, 0.15) is 12.0 Å². The van der Waals surface area contributed by atoms with Crippen LogP contribution in [0.2, 0.25) is 0 Å². The van der Waals surface area contributed by atoms with Gasteiger partial charge in [-0.2, -0.15) is 0 Å². The van der Waals surface area contributed by atoms with Gasteiger partial charge in [-0.1, -0.05) is 0 Å². The zero-order valence-corrected chi connectivity index (χ0v) is 7.08. The molecule has 0 aliphatic rings. The van der Waals surface area contributed by atoms with Crippen molar-refractivity contribution in [1.29, 1.82) is 0 Å². The molecule has 0 aliphatic heterocycles. The van der Waals surface area contributed by atoms with Crippen molar-refractivity contribution in [3.8, 4) is 0 Å². The number of ketones is 1. The van der Waals surface area contributed by atoms with Crippen molar-refractivity contribution in [3.63, 3.8) is 0 Å². The molecule has 0 amide bonds. The van der Waals surface area contributed by atoms with Gasteiger partial charge in [0.2, 0.25) is 0 Å². The monoisotopic (exact) mass is 168 g/mol. The van der Waals surface area contributed by atoms with Gasteiger partial charge < -0.3 is 9.15 Å². The Morgan fingerprint density at radius 2 is 2.50 bits per heavy atom. The summed E-state index contributed by atoms with van der Waals surface area (Å²) in [6, 6.07) is 1.86. The van der Waals surface area contributed by atoms with E-state index in [9.17, 15) is 4.79 Å². The summed E-state index contributed by atoms with van der Waals surface area (Å²) in [7, 11) is 1.52. The second-order valence-electron chi connectivity index (χ2n) is 2.60. The van der Waals surface area contributed by atoms with E-state index >= 15 is 0 Å². The Balaban J connectivity index is 2.22. The Morgan fingerprint density at radius 3 is 3.08 bits per heavy atom. The van der Waals surface area contributed by atoms with Gasteiger partial charge in [0.15, 0.2) is 5.78 Å². The highest BCUT2D eigenvalue weighted by molar-refractivity contribution is 5.79. The molecule has 3 heteroatoms. The summed E-state index contributed by atoms with van der Waals surface area (Å²) in [6.07, 6.45) is 4.52. The van der Waals surface area contributed by atoms with Crippen LogP contribution in [0.5, 0.6) is 0 Å². The summed E-state index contributed by atoms with van der Waals surface area (Å²) < 4.78 is 9.56. The molecule has 1 rings (SSSR count). The van der Waals surface area contributed by atoms with Crippen molar-refractivity contribution >= 4 is 5.78 Å². The Morgan fingerprint density at radius 1 is 1.67 bits per heavy atom. The molecule has 0 atom stereocenters. The van der Waals surface area contributed by atoms with E-state index in [0.717, 1.165) is 12.0 Å². The average Bonchev–Trinajstić information content (AvgIpc) is 2.53. The van der Waals surface area contributed by atoms with E-state index in [1.165, 1.54) is 7.11 Å². The third kappa shape index (κ3) is 2.88. The summed E-state index contributed by atoms with van der Waals surface area (Å²) in [4.78, 5) is 11.0. The van der Waals surface area contributed by atoms with Crippen molar-refractivity contribution in [2.24, 2.45) is 0 Å². The van der Waals surface area contributed by atoms with E-state index in [1.807, 2.05) is 6.07 Å². The Hall–Kier alpha value is -1.09. The molecule has 0 aliphatic carbocycles. The highest BCUT2D eigenvalue weighted by atomic mass is 16.5. The first kappa shape index (κ1) is 9.00. The Bertz CT molecular complexity index is 226. The molecule has 0 bridgehead atoms. The number of rotatable bonds is 5. The fourth-order valence-corrected chi connectivity index (χ4v) is 0.952. The van der Waals surface area contributed by atoms with E-state index in [-0.39, 0.29) is 12.4 Å². The fourth-order valence-electron chi connectivity index (χ4n) is 0.952. The third-order valence-electron chi connectivity index (χ3n) is 1.58. The lowest BCUT2D eigenvalue weighted by atomic mass is 10.1. The second-order valence-corrected chi connectivity index (χ2v) is 2.60. The Labute approximate surface area is 71.3 Å². The van der Waals surface area contributed by atoms with Gasteiger partial charge in [-0.15, -0.1) is 0 Å². The molecule has 0 saturated heterocycles. The number of furan rings is 1. The number of aryl methyl sites for hydroxylation is 1. The molecule has 1 aromatic heterocycles. The molecule has 0 radical (unpaired) electrons. The minimum atomic E-state index is 0.124. The first-order valence-electron chi connectivity index (χ1n) is 3.84. The largest absolute Gasteiger partial charge is 0.472 e. The number of methoxy groups -OCH3 is 1. The predicted octanol–water partition coefficient (Wildman–Crippen LogP) is 1.43. The molecule has 0 fully saturated rings. The van der Waals surface area contributed by atoms with Crippen LogP contribution >= 0.6 is 0 Å². The Kier molecular flexibility index (Phi) is 3.54. The van der Waals surface area contributed by atoms with Crippen molar-refractivity contribution in [3.05, 3.63) is 24.2 Å². The molecule has 66 valence electrons. The van der Waals surface area contributed by atoms with Crippen molar-refractivity contribution in [2.45, 2.75) is 12.8 Å². The summed E-state index contributed by atoms with van der Waals surface area (Å²) in [5.41, 5.74) is 1.06. The normalized spacial score (nSPS) is 10.1. The smallest absolute Gasteiger partial charge is 0.158 e. The van der Waals surface area contributed by atoms with Gasteiger partial charge >= 0.3 is 0 Å². The zero-order valence-electron chi connectivity index (χ0n) is 7.08. The third-order valence-corrected chi connectivity index (χ3v) is 1.58. The second kappa shape index (κ2) is 4.72. The topological polar surface area (TPSA) is 39.4 Å². The molecule has 3 nitrogen and oxygen atoms in total. The quantitative estimate of drug-likeness (QED) is 0.667. The lowest BCUT2D eigenvalue weighted by Gasteiger charge is -1.96. The van der Waals surface area contributed by atoms with Crippen molar-refractivity contribution in [2.75, 3.05) is 13.7 Å². The van der Waals surface area contributed by atoms with Gasteiger partial charge in [-0.3, -0.25) is 4.79 Å². The average molecular weight is 168 g/mol. The fraction of sp³-hybridized carbons (Fsp3) is 0.444. The zero-order chi connectivity index (χ0) is 8.81. The van der Waals surface area contributed by atoms with Crippen molar-refractivity contribution < 1.29 is 13.9 Å². The molecule has 1 heterocycles. The van der Waals surface area contributed by atoms with Crippen LogP contribution in [0.4, 0.5) is 0 Å².